The van der Waals surface area contributed by atoms with Gasteiger partial charge in [0.05, 0.1) is 30.6 Å². The highest BCUT2D eigenvalue weighted by molar-refractivity contribution is 6.30. The van der Waals surface area contributed by atoms with Crippen LogP contribution >= 0.6 is 11.6 Å². The van der Waals surface area contributed by atoms with Crippen molar-refractivity contribution in [1.29, 1.82) is 0 Å². The van der Waals surface area contributed by atoms with Gasteiger partial charge in [0.25, 0.3) is 0 Å². The standard InChI is InChI=1S/C18H21ClN4O2/c1-4-13-16(19)21-10(2)22-17(13)20-9-12-7-8-14(18(24)25-3)15(23-12)11-5-6-11/h7-8,11H,4-6,9H2,1-3H3,(H,20,21,22). The van der Waals surface area contributed by atoms with Crippen molar-refractivity contribution in [3.63, 3.8) is 0 Å². The second-order valence-corrected chi connectivity index (χ2v) is 6.46. The van der Waals surface area contributed by atoms with Crippen molar-refractivity contribution < 1.29 is 9.53 Å². The first-order valence-electron chi connectivity index (χ1n) is 8.38. The Morgan fingerprint density at radius 3 is 2.72 bits per heavy atom. The Morgan fingerprint density at radius 1 is 1.32 bits per heavy atom. The summed E-state index contributed by atoms with van der Waals surface area (Å²) in [7, 11) is 1.39. The molecule has 0 bridgehead atoms. The van der Waals surface area contributed by atoms with Gasteiger partial charge < -0.3 is 10.1 Å². The molecule has 2 aromatic heterocycles. The number of ether oxygens (including phenoxy) is 1. The van der Waals surface area contributed by atoms with E-state index in [1.807, 2.05) is 19.9 Å². The number of carbonyl (C=O) groups is 1. The van der Waals surface area contributed by atoms with E-state index in [9.17, 15) is 4.79 Å². The number of esters is 1. The van der Waals surface area contributed by atoms with Crippen molar-refractivity contribution in [1.82, 2.24) is 15.0 Å². The van der Waals surface area contributed by atoms with Crippen LogP contribution in [0.1, 0.15) is 58.8 Å². The van der Waals surface area contributed by atoms with E-state index in [4.69, 9.17) is 16.3 Å². The number of halogens is 1. The van der Waals surface area contributed by atoms with Crippen LogP contribution in [0.15, 0.2) is 12.1 Å². The van der Waals surface area contributed by atoms with Crippen molar-refractivity contribution in [2.24, 2.45) is 0 Å². The molecule has 0 atom stereocenters. The molecule has 1 saturated carbocycles. The molecule has 3 rings (SSSR count). The topological polar surface area (TPSA) is 77.0 Å². The second kappa shape index (κ2) is 7.35. The summed E-state index contributed by atoms with van der Waals surface area (Å²) >= 11 is 6.21. The quantitative estimate of drug-likeness (QED) is 0.625. The van der Waals surface area contributed by atoms with E-state index in [0.29, 0.717) is 29.0 Å². The van der Waals surface area contributed by atoms with Crippen molar-refractivity contribution >= 4 is 23.4 Å². The number of hydrogen-bond acceptors (Lipinski definition) is 6. The molecule has 0 saturated heterocycles. The summed E-state index contributed by atoms with van der Waals surface area (Å²) < 4.78 is 4.85. The van der Waals surface area contributed by atoms with Gasteiger partial charge in [-0.1, -0.05) is 18.5 Å². The van der Waals surface area contributed by atoms with E-state index in [1.54, 1.807) is 6.07 Å². The Hall–Kier alpha value is -2.21. The molecule has 7 heteroatoms. The fraction of sp³-hybridized carbons (Fsp3) is 0.444. The molecule has 0 unspecified atom stereocenters. The van der Waals surface area contributed by atoms with Crippen LogP contribution in [0.5, 0.6) is 0 Å². The minimum Gasteiger partial charge on any atom is -0.465 e. The van der Waals surface area contributed by atoms with Gasteiger partial charge in [-0.05, 0) is 38.3 Å². The molecular formula is C18H21ClN4O2. The molecule has 1 aliphatic rings. The van der Waals surface area contributed by atoms with Crippen LogP contribution < -0.4 is 5.32 Å². The smallest absolute Gasteiger partial charge is 0.339 e. The second-order valence-electron chi connectivity index (χ2n) is 6.10. The summed E-state index contributed by atoms with van der Waals surface area (Å²) in [5.41, 5.74) is 3.13. The lowest BCUT2D eigenvalue weighted by Gasteiger charge is -2.13. The third-order valence-corrected chi connectivity index (χ3v) is 4.52. The summed E-state index contributed by atoms with van der Waals surface area (Å²) in [6.45, 7) is 4.33. The van der Waals surface area contributed by atoms with Crippen LogP contribution in [0.2, 0.25) is 5.15 Å². The SMILES string of the molecule is CCc1c(Cl)nc(C)nc1NCc1ccc(C(=O)OC)c(C2CC2)n1. The Kier molecular flexibility index (Phi) is 5.18. The van der Waals surface area contributed by atoms with Crippen molar-refractivity contribution in [2.45, 2.75) is 45.6 Å². The van der Waals surface area contributed by atoms with Gasteiger partial charge in [0.15, 0.2) is 0 Å². The maximum Gasteiger partial charge on any atom is 0.339 e. The summed E-state index contributed by atoms with van der Waals surface area (Å²) in [4.78, 5) is 25.2. The van der Waals surface area contributed by atoms with Gasteiger partial charge in [0.2, 0.25) is 0 Å². The first-order valence-corrected chi connectivity index (χ1v) is 8.76. The molecule has 1 N–H and O–H groups in total. The van der Waals surface area contributed by atoms with E-state index < -0.39 is 0 Å². The van der Waals surface area contributed by atoms with Gasteiger partial charge in [-0.25, -0.2) is 14.8 Å². The van der Waals surface area contributed by atoms with E-state index in [2.05, 4.69) is 20.3 Å². The maximum absolute atomic E-state index is 11.9. The number of nitrogens with one attached hydrogen (secondary N) is 1. The normalized spacial score (nSPS) is 13.6. The molecule has 132 valence electrons. The molecular weight excluding hydrogens is 340 g/mol. The van der Waals surface area contributed by atoms with Gasteiger partial charge in [0, 0.05) is 11.5 Å². The first kappa shape index (κ1) is 17.6. The van der Waals surface area contributed by atoms with Gasteiger partial charge in [-0.2, -0.15) is 0 Å². The largest absolute Gasteiger partial charge is 0.465 e. The fourth-order valence-corrected chi connectivity index (χ4v) is 3.11. The number of anilines is 1. The molecule has 0 radical (unpaired) electrons. The summed E-state index contributed by atoms with van der Waals surface area (Å²) in [6.07, 6.45) is 2.87. The van der Waals surface area contributed by atoms with Crippen molar-refractivity contribution in [3.05, 3.63) is 45.6 Å². The number of aryl methyl sites for hydroxylation is 1. The average molecular weight is 361 g/mol. The lowest BCUT2D eigenvalue weighted by atomic mass is 10.1. The number of aromatic nitrogens is 3. The minimum atomic E-state index is -0.333. The van der Waals surface area contributed by atoms with Gasteiger partial charge in [-0.3, -0.25) is 4.98 Å². The molecule has 0 spiro atoms. The minimum absolute atomic E-state index is 0.333. The highest BCUT2D eigenvalue weighted by atomic mass is 35.5. The Morgan fingerprint density at radius 2 is 2.08 bits per heavy atom. The molecule has 1 aliphatic carbocycles. The lowest BCUT2D eigenvalue weighted by Crippen LogP contribution is -2.12. The Labute approximate surface area is 152 Å². The molecule has 0 aliphatic heterocycles. The zero-order valence-electron chi connectivity index (χ0n) is 14.6. The monoisotopic (exact) mass is 360 g/mol. The third-order valence-electron chi connectivity index (χ3n) is 4.21. The third kappa shape index (κ3) is 3.90. The molecule has 0 amide bonds. The first-order chi connectivity index (χ1) is 12.0. The van der Waals surface area contributed by atoms with Crippen molar-refractivity contribution in [2.75, 3.05) is 12.4 Å². The predicted octanol–water partition coefficient (Wildman–Crippen LogP) is 3.67. The fourth-order valence-electron chi connectivity index (χ4n) is 2.76. The van der Waals surface area contributed by atoms with Crippen LogP contribution in [-0.4, -0.2) is 28.0 Å². The highest BCUT2D eigenvalue weighted by Gasteiger charge is 2.30. The molecule has 2 aromatic rings. The highest BCUT2D eigenvalue weighted by Crippen LogP contribution is 2.40. The Bertz CT molecular complexity index is 806. The van der Waals surface area contributed by atoms with Gasteiger partial charge in [-0.15, -0.1) is 0 Å². The zero-order chi connectivity index (χ0) is 18.0. The number of rotatable bonds is 6. The van der Waals surface area contributed by atoms with E-state index in [1.165, 1.54) is 7.11 Å². The van der Waals surface area contributed by atoms with Crippen LogP contribution in [0.4, 0.5) is 5.82 Å². The van der Waals surface area contributed by atoms with E-state index in [0.717, 1.165) is 42.0 Å². The van der Waals surface area contributed by atoms with Crippen LogP contribution in [0.3, 0.4) is 0 Å². The molecule has 1 fully saturated rings. The van der Waals surface area contributed by atoms with E-state index >= 15 is 0 Å². The van der Waals surface area contributed by atoms with Gasteiger partial charge in [0.1, 0.15) is 16.8 Å². The zero-order valence-corrected chi connectivity index (χ0v) is 15.4. The number of methoxy groups -OCH3 is 1. The van der Waals surface area contributed by atoms with E-state index in [-0.39, 0.29) is 5.97 Å². The van der Waals surface area contributed by atoms with Gasteiger partial charge >= 0.3 is 5.97 Å². The number of pyridine rings is 1. The van der Waals surface area contributed by atoms with Crippen molar-refractivity contribution in [3.8, 4) is 0 Å². The maximum atomic E-state index is 11.9. The average Bonchev–Trinajstić information content (AvgIpc) is 3.43. The number of carbonyl (C=O) groups excluding carboxylic acids is 1. The number of nitrogens with zero attached hydrogens (tertiary/aromatic N) is 3. The predicted molar refractivity (Wildman–Crippen MR) is 96.0 cm³/mol. The van der Waals surface area contributed by atoms with Crippen LogP contribution in [0, 0.1) is 6.92 Å². The molecule has 25 heavy (non-hydrogen) atoms. The summed E-state index contributed by atoms with van der Waals surface area (Å²) in [6, 6.07) is 3.63. The van der Waals surface area contributed by atoms with Crippen LogP contribution in [-0.2, 0) is 17.7 Å². The molecule has 0 aromatic carbocycles. The number of hydrogen-bond donors (Lipinski definition) is 1. The lowest BCUT2D eigenvalue weighted by molar-refractivity contribution is 0.0598. The Balaban J connectivity index is 1.82. The summed E-state index contributed by atoms with van der Waals surface area (Å²) in [5.74, 6) is 1.38. The summed E-state index contributed by atoms with van der Waals surface area (Å²) in [5, 5.41) is 3.77. The van der Waals surface area contributed by atoms with Crippen LogP contribution in [0.25, 0.3) is 0 Å². The molecule has 2 heterocycles. The molecule has 6 nitrogen and oxygen atoms in total.